The number of nitrogens with one attached hydrogen (secondary N) is 2. The Balaban J connectivity index is 1.45. The maximum absolute atomic E-state index is 12.0. The van der Waals surface area contributed by atoms with E-state index in [0.717, 1.165) is 18.5 Å². The molecule has 1 aromatic heterocycles. The summed E-state index contributed by atoms with van der Waals surface area (Å²) in [5, 5.41) is 5.74. The van der Waals surface area contributed by atoms with Crippen LogP contribution < -0.4 is 10.6 Å². The van der Waals surface area contributed by atoms with E-state index in [1.165, 1.54) is 0 Å². The van der Waals surface area contributed by atoms with Crippen LogP contribution in [0.4, 0.5) is 0 Å². The van der Waals surface area contributed by atoms with Crippen molar-refractivity contribution in [3.63, 3.8) is 0 Å². The van der Waals surface area contributed by atoms with Gasteiger partial charge in [-0.25, -0.2) is 4.98 Å². The largest absolute Gasteiger partial charge is 0.356 e. The van der Waals surface area contributed by atoms with Crippen molar-refractivity contribution in [3.8, 4) is 0 Å². The zero-order valence-electron chi connectivity index (χ0n) is 12.2. The molecule has 1 aromatic carbocycles. The van der Waals surface area contributed by atoms with Gasteiger partial charge in [-0.1, -0.05) is 18.2 Å². The Bertz CT molecular complexity index is 667. The smallest absolute Gasteiger partial charge is 0.252 e. The lowest BCUT2D eigenvalue weighted by atomic mass is 10.0. The van der Waals surface area contributed by atoms with Crippen LogP contribution >= 0.6 is 0 Å². The van der Waals surface area contributed by atoms with Crippen molar-refractivity contribution in [2.24, 2.45) is 0 Å². The number of imidazole rings is 1. The lowest BCUT2D eigenvalue weighted by Gasteiger charge is -2.12. The molecular weight excluding hydrogens is 280 g/mol. The summed E-state index contributed by atoms with van der Waals surface area (Å²) in [5.41, 5.74) is 1.57. The molecule has 1 unspecified atom stereocenters. The molecule has 22 heavy (non-hydrogen) atoms. The number of amides is 2. The highest BCUT2D eigenvalue weighted by Gasteiger charge is 2.29. The Morgan fingerprint density at radius 2 is 2.23 bits per heavy atom. The van der Waals surface area contributed by atoms with Crippen molar-refractivity contribution in [1.82, 2.24) is 20.2 Å². The van der Waals surface area contributed by atoms with Crippen molar-refractivity contribution in [2.75, 3.05) is 6.54 Å². The van der Waals surface area contributed by atoms with Gasteiger partial charge in [0.15, 0.2) is 0 Å². The number of aryl methyl sites for hydroxylation is 1. The minimum atomic E-state index is -0.225. The van der Waals surface area contributed by atoms with Crippen LogP contribution in [0.1, 0.15) is 34.8 Å². The second-order valence-electron chi connectivity index (χ2n) is 5.32. The number of rotatable bonds is 6. The molecule has 1 atom stereocenters. The summed E-state index contributed by atoms with van der Waals surface area (Å²) in [6, 6.07) is 7.17. The Kier molecular flexibility index (Phi) is 4.18. The Labute approximate surface area is 128 Å². The molecule has 2 aromatic rings. The summed E-state index contributed by atoms with van der Waals surface area (Å²) in [6.07, 6.45) is 6.50. The first kappa shape index (κ1) is 14.3. The van der Waals surface area contributed by atoms with Crippen LogP contribution in [0.15, 0.2) is 43.0 Å². The van der Waals surface area contributed by atoms with E-state index >= 15 is 0 Å². The lowest BCUT2D eigenvalue weighted by Crippen LogP contribution is -2.30. The fourth-order valence-corrected chi connectivity index (χ4v) is 2.65. The normalized spacial score (nSPS) is 16.2. The molecule has 1 aliphatic heterocycles. The number of carbonyl (C=O) groups is 2. The van der Waals surface area contributed by atoms with Gasteiger partial charge in [-0.15, -0.1) is 0 Å². The van der Waals surface area contributed by atoms with E-state index in [0.29, 0.717) is 12.1 Å². The Morgan fingerprint density at radius 1 is 1.36 bits per heavy atom. The maximum Gasteiger partial charge on any atom is 0.252 e. The van der Waals surface area contributed by atoms with Gasteiger partial charge in [-0.2, -0.15) is 0 Å². The summed E-state index contributed by atoms with van der Waals surface area (Å²) < 4.78 is 1.97. The molecule has 0 radical (unpaired) electrons. The van der Waals surface area contributed by atoms with Crippen LogP contribution in [0.2, 0.25) is 0 Å². The predicted molar refractivity (Wildman–Crippen MR) is 81.1 cm³/mol. The number of nitrogens with zero attached hydrogens (tertiary/aromatic N) is 2. The molecule has 0 saturated heterocycles. The highest BCUT2D eigenvalue weighted by atomic mass is 16.2. The van der Waals surface area contributed by atoms with Gasteiger partial charge in [-0.3, -0.25) is 9.59 Å². The highest BCUT2D eigenvalue weighted by Crippen LogP contribution is 2.27. The average molecular weight is 298 g/mol. The van der Waals surface area contributed by atoms with E-state index in [2.05, 4.69) is 15.6 Å². The van der Waals surface area contributed by atoms with Crippen LogP contribution in [0, 0.1) is 0 Å². The van der Waals surface area contributed by atoms with E-state index in [4.69, 9.17) is 0 Å². The number of fused-ring (bicyclic) bond motifs is 1. The number of benzene rings is 1. The number of aromatic nitrogens is 2. The van der Waals surface area contributed by atoms with Crippen molar-refractivity contribution in [1.29, 1.82) is 0 Å². The summed E-state index contributed by atoms with van der Waals surface area (Å²) in [6.45, 7) is 1.43. The standard InChI is InChI=1S/C16H18N4O2/c21-15(18-6-3-8-20-9-7-17-11-20)10-14-12-4-1-2-5-13(12)16(22)19-14/h1-2,4-5,7,9,11,14H,3,6,8,10H2,(H,18,21)(H,19,22). The minimum Gasteiger partial charge on any atom is -0.356 e. The van der Waals surface area contributed by atoms with Crippen LogP contribution in [-0.2, 0) is 11.3 Å². The monoisotopic (exact) mass is 298 g/mol. The first-order valence-corrected chi connectivity index (χ1v) is 7.36. The van der Waals surface area contributed by atoms with Gasteiger partial charge in [0.05, 0.1) is 18.8 Å². The van der Waals surface area contributed by atoms with E-state index < -0.39 is 0 Å². The Morgan fingerprint density at radius 3 is 3.05 bits per heavy atom. The van der Waals surface area contributed by atoms with Gasteiger partial charge in [0.2, 0.25) is 5.91 Å². The van der Waals surface area contributed by atoms with Gasteiger partial charge in [0.25, 0.3) is 5.91 Å². The number of carbonyl (C=O) groups excluding carboxylic acids is 2. The quantitative estimate of drug-likeness (QED) is 0.788. The first-order chi connectivity index (χ1) is 10.7. The molecule has 0 aliphatic carbocycles. The number of hydrogen-bond acceptors (Lipinski definition) is 3. The SMILES string of the molecule is O=C(CC1NC(=O)c2ccccc21)NCCCn1ccnc1. The van der Waals surface area contributed by atoms with Gasteiger partial charge in [0.1, 0.15) is 0 Å². The molecule has 2 N–H and O–H groups in total. The zero-order valence-corrected chi connectivity index (χ0v) is 12.2. The molecule has 1 aliphatic rings. The summed E-state index contributed by atoms with van der Waals surface area (Å²) in [5.74, 6) is -0.152. The van der Waals surface area contributed by atoms with E-state index in [-0.39, 0.29) is 24.3 Å². The van der Waals surface area contributed by atoms with Crippen LogP contribution in [-0.4, -0.2) is 27.9 Å². The lowest BCUT2D eigenvalue weighted by molar-refractivity contribution is -0.121. The summed E-state index contributed by atoms with van der Waals surface area (Å²) in [7, 11) is 0. The van der Waals surface area contributed by atoms with Crippen molar-refractivity contribution < 1.29 is 9.59 Å². The molecule has 0 fully saturated rings. The molecule has 0 spiro atoms. The van der Waals surface area contributed by atoms with Crippen molar-refractivity contribution in [3.05, 3.63) is 54.1 Å². The van der Waals surface area contributed by atoms with Gasteiger partial charge in [-0.05, 0) is 18.1 Å². The topological polar surface area (TPSA) is 76.0 Å². The van der Waals surface area contributed by atoms with E-state index in [1.54, 1.807) is 18.6 Å². The molecule has 3 rings (SSSR count). The first-order valence-electron chi connectivity index (χ1n) is 7.36. The molecule has 114 valence electrons. The van der Waals surface area contributed by atoms with Crippen molar-refractivity contribution in [2.45, 2.75) is 25.4 Å². The second kappa shape index (κ2) is 6.43. The second-order valence-corrected chi connectivity index (χ2v) is 5.32. The maximum atomic E-state index is 12.0. The third-order valence-electron chi connectivity index (χ3n) is 3.75. The fourth-order valence-electron chi connectivity index (χ4n) is 2.65. The predicted octanol–water partition coefficient (Wildman–Crippen LogP) is 1.26. The number of hydrogen-bond donors (Lipinski definition) is 2. The van der Waals surface area contributed by atoms with Gasteiger partial charge < -0.3 is 15.2 Å². The fraction of sp³-hybridized carbons (Fsp3) is 0.312. The third kappa shape index (κ3) is 3.16. The Hall–Kier alpha value is -2.63. The third-order valence-corrected chi connectivity index (χ3v) is 3.75. The molecular formula is C16H18N4O2. The molecule has 0 bridgehead atoms. The van der Waals surface area contributed by atoms with Crippen molar-refractivity contribution >= 4 is 11.8 Å². The minimum absolute atomic E-state index is 0.0485. The summed E-state index contributed by atoms with van der Waals surface area (Å²) in [4.78, 5) is 27.8. The summed E-state index contributed by atoms with van der Waals surface area (Å²) >= 11 is 0. The molecule has 6 nitrogen and oxygen atoms in total. The van der Waals surface area contributed by atoms with Gasteiger partial charge >= 0.3 is 0 Å². The van der Waals surface area contributed by atoms with Gasteiger partial charge in [0, 0.05) is 31.0 Å². The van der Waals surface area contributed by atoms with E-state index in [9.17, 15) is 9.59 Å². The average Bonchev–Trinajstić information content (AvgIpc) is 3.13. The zero-order chi connectivity index (χ0) is 15.4. The van der Waals surface area contributed by atoms with Crippen LogP contribution in [0.3, 0.4) is 0 Å². The van der Waals surface area contributed by atoms with Crippen LogP contribution in [0.5, 0.6) is 0 Å². The van der Waals surface area contributed by atoms with Crippen LogP contribution in [0.25, 0.3) is 0 Å². The molecule has 2 heterocycles. The molecule has 6 heteroatoms. The highest BCUT2D eigenvalue weighted by molar-refractivity contribution is 5.99. The molecule has 0 saturated carbocycles. The van der Waals surface area contributed by atoms with E-state index in [1.807, 2.05) is 29.0 Å². The molecule has 2 amide bonds.